The molecule has 0 aromatic heterocycles. The van der Waals surface area contributed by atoms with Crippen LogP contribution in [0.1, 0.15) is 17.3 Å². The van der Waals surface area contributed by atoms with Gasteiger partial charge in [-0.1, -0.05) is 0 Å². The van der Waals surface area contributed by atoms with Crippen LogP contribution in [0.4, 0.5) is 15.8 Å². The number of anilines is 2. The number of carbonyl (C=O) groups is 3. The molecule has 2 amide bonds. The molecule has 1 atom stereocenters. The molecule has 0 aliphatic carbocycles. The molecule has 1 aliphatic heterocycles. The minimum Gasteiger partial charge on any atom is -0.449 e. The van der Waals surface area contributed by atoms with Gasteiger partial charge in [0, 0.05) is 10.6 Å². The van der Waals surface area contributed by atoms with E-state index in [0.717, 1.165) is 4.90 Å². The second kappa shape index (κ2) is 7.57. The van der Waals surface area contributed by atoms with Crippen LogP contribution in [0.2, 0.25) is 0 Å². The first-order valence-corrected chi connectivity index (χ1v) is 8.75. The van der Waals surface area contributed by atoms with Crippen LogP contribution >= 0.6 is 11.8 Å². The van der Waals surface area contributed by atoms with Gasteiger partial charge in [-0.2, -0.15) is 0 Å². The molecule has 3 rings (SSSR count). The Labute approximate surface area is 153 Å². The highest BCUT2D eigenvalue weighted by molar-refractivity contribution is 8.00. The van der Waals surface area contributed by atoms with Crippen LogP contribution in [0.3, 0.4) is 0 Å². The summed E-state index contributed by atoms with van der Waals surface area (Å²) in [5, 5.41) is 5.23. The van der Waals surface area contributed by atoms with Gasteiger partial charge < -0.3 is 15.4 Å². The number of fused-ring (bicyclic) bond motifs is 1. The quantitative estimate of drug-likeness (QED) is 0.804. The Hall–Kier alpha value is -2.87. The summed E-state index contributed by atoms with van der Waals surface area (Å²) in [5.74, 6) is -1.44. The van der Waals surface area contributed by atoms with Crippen molar-refractivity contribution in [2.75, 3.05) is 16.4 Å². The molecule has 6 nitrogen and oxygen atoms in total. The average Bonchev–Trinajstić information content (AvgIpc) is 2.62. The number of hydrogen-bond acceptors (Lipinski definition) is 5. The van der Waals surface area contributed by atoms with Crippen molar-refractivity contribution in [3.8, 4) is 0 Å². The Morgan fingerprint density at radius 3 is 2.69 bits per heavy atom. The van der Waals surface area contributed by atoms with E-state index in [0.29, 0.717) is 17.1 Å². The second-order valence-corrected chi connectivity index (χ2v) is 6.61. The largest absolute Gasteiger partial charge is 0.449 e. The van der Waals surface area contributed by atoms with Crippen LogP contribution in [-0.4, -0.2) is 29.6 Å². The zero-order chi connectivity index (χ0) is 18.7. The number of benzene rings is 2. The summed E-state index contributed by atoms with van der Waals surface area (Å²) in [6.07, 6.45) is -1.05. The van der Waals surface area contributed by atoms with Gasteiger partial charge in [-0.3, -0.25) is 9.59 Å². The van der Waals surface area contributed by atoms with Crippen molar-refractivity contribution in [1.29, 1.82) is 0 Å². The Balaban J connectivity index is 1.63. The summed E-state index contributed by atoms with van der Waals surface area (Å²) in [6, 6.07) is 10.1. The first-order valence-electron chi connectivity index (χ1n) is 7.76. The van der Waals surface area contributed by atoms with Gasteiger partial charge >= 0.3 is 5.97 Å². The molecule has 134 valence electrons. The lowest BCUT2D eigenvalue weighted by Gasteiger charge is -2.17. The molecular formula is C18H15FN2O4S. The zero-order valence-corrected chi connectivity index (χ0v) is 14.6. The molecule has 0 fully saturated rings. The number of halogens is 1. The number of hydrogen-bond donors (Lipinski definition) is 2. The normalized spacial score (nSPS) is 14.0. The predicted molar refractivity (Wildman–Crippen MR) is 95.7 cm³/mol. The highest BCUT2D eigenvalue weighted by Gasteiger charge is 2.21. The minimum absolute atomic E-state index is 0.139. The Morgan fingerprint density at radius 1 is 1.23 bits per heavy atom. The van der Waals surface area contributed by atoms with Crippen LogP contribution in [0.25, 0.3) is 0 Å². The topological polar surface area (TPSA) is 84.5 Å². The third-order valence-corrected chi connectivity index (χ3v) is 4.69. The predicted octanol–water partition coefficient (Wildman–Crippen LogP) is 3.05. The standard InChI is InChI=1S/C18H15FN2O4S/c1-10(17(23)20-13-5-3-12(19)4-6-13)25-18(24)11-2-7-15-14(8-11)21-16(22)9-26-15/h2-8,10H,9H2,1H3,(H,20,23)(H,21,22)/t10-/m0/s1. The summed E-state index contributed by atoms with van der Waals surface area (Å²) in [7, 11) is 0. The highest BCUT2D eigenvalue weighted by Crippen LogP contribution is 2.32. The molecular weight excluding hydrogens is 359 g/mol. The SMILES string of the molecule is C[C@H](OC(=O)c1ccc2c(c1)NC(=O)CS2)C(=O)Nc1ccc(F)cc1. The van der Waals surface area contributed by atoms with Crippen molar-refractivity contribution in [3.05, 3.63) is 53.8 Å². The van der Waals surface area contributed by atoms with E-state index in [1.54, 1.807) is 12.1 Å². The van der Waals surface area contributed by atoms with Gasteiger partial charge in [0.1, 0.15) is 5.82 Å². The number of esters is 1. The van der Waals surface area contributed by atoms with Gasteiger partial charge in [0.15, 0.2) is 6.10 Å². The summed E-state index contributed by atoms with van der Waals surface area (Å²) in [5.41, 5.74) is 1.17. The molecule has 0 bridgehead atoms. The van der Waals surface area contributed by atoms with Crippen molar-refractivity contribution in [3.63, 3.8) is 0 Å². The molecule has 2 aromatic carbocycles. The van der Waals surface area contributed by atoms with E-state index in [1.165, 1.54) is 49.0 Å². The van der Waals surface area contributed by atoms with E-state index < -0.39 is 23.8 Å². The smallest absolute Gasteiger partial charge is 0.338 e. The van der Waals surface area contributed by atoms with E-state index >= 15 is 0 Å². The van der Waals surface area contributed by atoms with E-state index in [2.05, 4.69) is 10.6 Å². The molecule has 26 heavy (non-hydrogen) atoms. The fraction of sp³-hybridized carbons (Fsp3) is 0.167. The van der Waals surface area contributed by atoms with Gasteiger partial charge in [-0.15, -0.1) is 11.8 Å². The van der Waals surface area contributed by atoms with Gasteiger partial charge in [-0.05, 0) is 49.4 Å². The van der Waals surface area contributed by atoms with E-state index in [9.17, 15) is 18.8 Å². The average molecular weight is 374 g/mol. The van der Waals surface area contributed by atoms with Gasteiger partial charge in [0.05, 0.1) is 17.0 Å². The summed E-state index contributed by atoms with van der Waals surface area (Å²) in [4.78, 5) is 36.7. The number of rotatable bonds is 4. The second-order valence-electron chi connectivity index (χ2n) is 5.59. The van der Waals surface area contributed by atoms with Crippen LogP contribution < -0.4 is 10.6 Å². The van der Waals surface area contributed by atoms with Gasteiger partial charge in [0.2, 0.25) is 5.91 Å². The monoisotopic (exact) mass is 374 g/mol. The third-order valence-electron chi connectivity index (χ3n) is 3.61. The molecule has 2 N–H and O–H groups in total. The lowest BCUT2D eigenvalue weighted by molar-refractivity contribution is -0.123. The van der Waals surface area contributed by atoms with E-state index in [4.69, 9.17) is 4.74 Å². The summed E-state index contributed by atoms with van der Waals surface area (Å²) >= 11 is 1.38. The zero-order valence-electron chi connectivity index (χ0n) is 13.7. The van der Waals surface area contributed by atoms with Crippen LogP contribution in [0.5, 0.6) is 0 Å². The Morgan fingerprint density at radius 2 is 1.96 bits per heavy atom. The number of carbonyl (C=O) groups excluding carboxylic acids is 3. The highest BCUT2D eigenvalue weighted by atomic mass is 32.2. The maximum atomic E-state index is 12.9. The van der Waals surface area contributed by atoms with Crippen molar-refractivity contribution in [2.45, 2.75) is 17.9 Å². The lowest BCUT2D eigenvalue weighted by Crippen LogP contribution is -2.30. The Kier molecular flexibility index (Phi) is 5.22. The van der Waals surface area contributed by atoms with Crippen LogP contribution in [-0.2, 0) is 14.3 Å². The lowest BCUT2D eigenvalue weighted by atomic mass is 10.2. The van der Waals surface area contributed by atoms with Crippen molar-refractivity contribution in [1.82, 2.24) is 0 Å². The molecule has 0 saturated carbocycles. The first-order chi connectivity index (χ1) is 12.4. The molecule has 1 aliphatic rings. The molecule has 1 heterocycles. The van der Waals surface area contributed by atoms with Crippen LogP contribution in [0.15, 0.2) is 47.4 Å². The maximum Gasteiger partial charge on any atom is 0.338 e. The summed E-state index contributed by atoms with van der Waals surface area (Å²) in [6.45, 7) is 1.44. The minimum atomic E-state index is -1.05. The molecule has 8 heteroatoms. The van der Waals surface area contributed by atoms with Gasteiger partial charge in [-0.25, -0.2) is 9.18 Å². The van der Waals surface area contributed by atoms with Crippen LogP contribution in [0, 0.1) is 5.82 Å². The molecule has 0 saturated heterocycles. The molecule has 0 spiro atoms. The number of amides is 2. The molecule has 2 aromatic rings. The van der Waals surface area contributed by atoms with E-state index in [-0.39, 0.29) is 11.5 Å². The van der Waals surface area contributed by atoms with Crippen molar-refractivity contribution >= 4 is 40.9 Å². The summed E-state index contributed by atoms with van der Waals surface area (Å²) < 4.78 is 18.0. The first kappa shape index (κ1) is 17.9. The molecule has 0 unspecified atom stereocenters. The number of nitrogens with one attached hydrogen (secondary N) is 2. The maximum absolute atomic E-state index is 12.9. The fourth-order valence-electron chi connectivity index (χ4n) is 2.27. The third kappa shape index (κ3) is 4.20. The van der Waals surface area contributed by atoms with Crippen molar-refractivity contribution in [2.24, 2.45) is 0 Å². The molecule has 0 radical (unpaired) electrons. The number of thioether (sulfide) groups is 1. The fourth-order valence-corrected chi connectivity index (χ4v) is 3.06. The number of ether oxygens (including phenoxy) is 1. The van der Waals surface area contributed by atoms with E-state index in [1.807, 2.05) is 0 Å². The Bertz CT molecular complexity index is 870. The van der Waals surface area contributed by atoms with Crippen molar-refractivity contribution < 1.29 is 23.5 Å². The van der Waals surface area contributed by atoms with Gasteiger partial charge in [0.25, 0.3) is 5.91 Å².